The maximum Gasteiger partial charge on any atom is 0.0236 e. The molecule has 0 fully saturated rings. The molecule has 1 heterocycles. The number of hydrogen-bond acceptors (Lipinski definition) is 2. The second-order valence-corrected chi connectivity index (χ2v) is 5.21. The van der Waals surface area contributed by atoms with Crippen LogP contribution in [0.5, 0.6) is 0 Å². The summed E-state index contributed by atoms with van der Waals surface area (Å²) in [5.74, 6) is 0. The Kier molecular flexibility index (Phi) is 5.69. The molecule has 1 aliphatic heterocycles. The van der Waals surface area contributed by atoms with Gasteiger partial charge in [-0.05, 0) is 63.0 Å². The minimum absolute atomic E-state index is 1.09. The van der Waals surface area contributed by atoms with Crippen LogP contribution in [0.2, 0.25) is 0 Å². The van der Waals surface area contributed by atoms with Crippen LogP contribution >= 0.6 is 0 Å². The monoisotopic (exact) mass is 246 g/mol. The van der Waals surface area contributed by atoms with Gasteiger partial charge in [0.15, 0.2) is 0 Å². The molecule has 0 saturated heterocycles. The van der Waals surface area contributed by atoms with Crippen LogP contribution in [-0.2, 0) is 13.0 Å². The van der Waals surface area contributed by atoms with Crippen molar-refractivity contribution in [2.75, 3.05) is 26.2 Å². The summed E-state index contributed by atoms with van der Waals surface area (Å²) in [5.41, 5.74) is 3.11. The van der Waals surface area contributed by atoms with Crippen LogP contribution in [0.15, 0.2) is 24.3 Å². The van der Waals surface area contributed by atoms with Crippen molar-refractivity contribution in [1.82, 2.24) is 10.2 Å². The fourth-order valence-corrected chi connectivity index (χ4v) is 2.72. The zero-order chi connectivity index (χ0) is 12.6. The number of nitrogens with one attached hydrogen (secondary N) is 1. The van der Waals surface area contributed by atoms with E-state index in [0.717, 1.165) is 13.1 Å². The molecule has 100 valence electrons. The molecule has 0 unspecified atom stereocenters. The Labute approximate surface area is 111 Å². The molecule has 2 heteroatoms. The van der Waals surface area contributed by atoms with Crippen LogP contribution in [0, 0.1) is 0 Å². The Morgan fingerprint density at radius 2 is 2.00 bits per heavy atom. The highest BCUT2D eigenvalue weighted by Gasteiger charge is 2.12. The highest BCUT2D eigenvalue weighted by Crippen LogP contribution is 2.18. The number of fused-ring (bicyclic) bond motifs is 1. The lowest BCUT2D eigenvalue weighted by Crippen LogP contribution is -2.25. The third kappa shape index (κ3) is 4.11. The van der Waals surface area contributed by atoms with Crippen molar-refractivity contribution in [3.63, 3.8) is 0 Å². The van der Waals surface area contributed by atoms with E-state index in [2.05, 4.69) is 41.4 Å². The Morgan fingerprint density at radius 1 is 1.17 bits per heavy atom. The summed E-state index contributed by atoms with van der Waals surface area (Å²) in [5, 5.41) is 3.40. The second kappa shape index (κ2) is 7.55. The van der Waals surface area contributed by atoms with Crippen LogP contribution in [0.1, 0.15) is 37.3 Å². The number of benzene rings is 1. The number of hydrogen-bond donors (Lipinski definition) is 1. The van der Waals surface area contributed by atoms with Gasteiger partial charge in [-0.15, -0.1) is 0 Å². The molecule has 1 N–H and O–H groups in total. The average molecular weight is 246 g/mol. The van der Waals surface area contributed by atoms with E-state index in [9.17, 15) is 0 Å². The number of rotatable bonds is 6. The first-order valence-corrected chi connectivity index (χ1v) is 7.40. The molecular formula is C16H26N2. The highest BCUT2D eigenvalue weighted by atomic mass is 15.1. The third-order valence-electron chi connectivity index (χ3n) is 3.76. The zero-order valence-electron chi connectivity index (χ0n) is 11.6. The van der Waals surface area contributed by atoms with E-state index in [-0.39, 0.29) is 0 Å². The minimum atomic E-state index is 1.09. The van der Waals surface area contributed by atoms with E-state index in [4.69, 9.17) is 0 Å². The van der Waals surface area contributed by atoms with Crippen molar-refractivity contribution < 1.29 is 0 Å². The lowest BCUT2D eigenvalue weighted by Gasteiger charge is -2.20. The van der Waals surface area contributed by atoms with Crippen molar-refractivity contribution in [3.05, 3.63) is 35.4 Å². The molecule has 0 saturated carbocycles. The highest BCUT2D eigenvalue weighted by molar-refractivity contribution is 5.27. The number of unbranched alkanes of at least 4 members (excludes halogenated alkanes) is 1. The van der Waals surface area contributed by atoms with Gasteiger partial charge < -0.3 is 5.32 Å². The van der Waals surface area contributed by atoms with Crippen LogP contribution < -0.4 is 5.32 Å². The van der Waals surface area contributed by atoms with Gasteiger partial charge in [0.2, 0.25) is 0 Å². The molecule has 0 radical (unpaired) electrons. The second-order valence-electron chi connectivity index (χ2n) is 5.21. The summed E-state index contributed by atoms with van der Waals surface area (Å²) in [6, 6.07) is 8.94. The fraction of sp³-hybridized carbons (Fsp3) is 0.625. The van der Waals surface area contributed by atoms with E-state index in [1.54, 1.807) is 11.1 Å². The van der Waals surface area contributed by atoms with Crippen LogP contribution in [0.3, 0.4) is 0 Å². The van der Waals surface area contributed by atoms with E-state index in [1.807, 2.05) is 0 Å². The summed E-state index contributed by atoms with van der Waals surface area (Å²) in [4.78, 5) is 2.62. The van der Waals surface area contributed by atoms with Gasteiger partial charge in [0, 0.05) is 6.54 Å². The summed E-state index contributed by atoms with van der Waals surface area (Å²) >= 11 is 0. The van der Waals surface area contributed by atoms with Crippen molar-refractivity contribution in [2.24, 2.45) is 0 Å². The summed E-state index contributed by atoms with van der Waals surface area (Å²) in [6.45, 7) is 8.09. The Bertz CT molecular complexity index is 349. The van der Waals surface area contributed by atoms with Crippen LogP contribution in [-0.4, -0.2) is 31.1 Å². The number of nitrogens with zero attached hydrogens (tertiary/aromatic N) is 1. The zero-order valence-corrected chi connectivity index (χ0v) is 11.6. The van der Waals surface area contributed by atoms with E-state index >= 15 is 0 Å². The van der Waals surface area contributed by atoms with E-state index in [1.165, 1.54) is 45.3 Å². The quantitative estimate of drug-likeness (QED) is 0.777. The van der Waals surface area contributed by atoms with Crippen LogP contribution in [0.4, 0.5) is 0 Å². The minimum Gasteiger partial charge on any atom is -0.317 e. The molecule has 18 heavy (non-hydrogen) atoms. The normalized spacial score (nSPS) is 16.3. The van der Waals surface area contributed by atoms with Gasteiger partial charge >= 0.3 is 0 Å². The number of aryl methyl sites for hydroxylation is 1. The van der Waals surface area contributed by atoms with E-state index < -0.39 is 0 Å². The molecule has 0 aliphatic carbocycles. The molecule has 0 amide bonds. The topological polar surface area (TPSA) is 15.3 Å². The molecule has 0 bridgehead atoms. The molecular weight excluding hydrogens is 220 g/mol. The van der Waals surface area contributed by atoms with Gasteiger partial charge in [-0.3, -0.25) is 4.90 Å². The average Bonchev–Trinajstić information content (AvgIpc) is 2.60. The first-order valence-electron chi connectivity index (χ1n) is 7.40. The molecule has 1 aromatic carbocycles. The van der Waals surface area contributed by atoms with Gasteiger partial charge in [-0.2, -0.15) is 0 Å². The Hall–Kier alpha value is -0.860. The van der Waals surface area contributed by atoms with E-state index in [0.29, 0.717) is 0 Å². The predicted molar refractivity (Wildman–Crippen MR) is 77.8 cm³/mol. The maximum absolute atomic E-state index is 3.40. The van der Waals surface area contributed by atoms with Gasteiger partial charge in [0.05, 0.1) is 0 Å². The standard InChI is InChI=1S/C16H26N2/c1-2-17-11-5-6-12-18-13-7-10-15-8-3-4-9-16(15)14-18/h3-4,8-9,17H,2,5-7,10-14H2,1H3. The lowest BCUT2D eigenvalue weighted by molar-refractivity contribution is 0.263. The first-order chi connectivity index (χ1) is 8.90. The summed E-state index contributed by atoms with van der Waals surface area (Å²) in [6.07, 6.45) is 5.18. The van der Waals surface area contributed by atoms with Crippen molar-refractivity contribution in [2.45, 2.75) is 39.2 Å². The third-order valence-corrected chi connectivity index (χ3v) is 3.76. The van der Waals surface area contributed by atoms with Crippen LogP contribution in [0.25, 0.3) is 0 Å². The Balaban J connectivity index is 1.77. The molecule has 1 aromatic rings. The molecule has 2 rings (SSSR count). The lowest BCUT2D eigenvalue weighted by atomic mass is 10.0. The summed E-state index contributed by atoms with van der Waals surface area (Å²) in [7, 11) is 0. The maximum atomic E-state index is 3.40. The largest absolute Gasteiger partial charge is 0.317 e. The van der Waals surface area contributed by atoms with Crippen molar-refractivity contribution in [3.8, 4) is 0 Å². The molecule has 1 aliphatic rings. The fourth-order valence-electron chi connectivity index (χ4n) is 2.72. The molecule has 2 nitrogen and oxygen atoms in total. The predicted octanol–water partition coefficient (Wildman–Crippen LogP) is 2.82. The van der Waals surface area contributed by atoms with Crippen molar-refractivity contribution in [1.29, 1.82) is 0 Å². The Morgan fingerprint density at radius 3 is 2.83 bits per heavy atom. The van der Waals surface area contributed by atoms with Gasteiger partial charge in [-0.1, -0.05) is 31.2 Å². The van der Waals surface area contributed by atoms with Crippen molar-refractivity contribution >= 4 is 0 Å². The SMILES string of the molecule is CCNCCCCN1CCCc2ccccc2C1. The molecule has 0 spiro atoms. The molecule has 0 aromatic heterocycles. The van der Waals surface area contributed by atoms with Gasteiger partial charge in [0.1, 0.15) is 0 Å². The first kappa shape index (κ1) is 13.6. The van der Waals surface area contributed by atoms with Gasteiger partial charge in [0.25, 0.3) is 0 Å². The molecule has 0 atom stereocenters. The van der Waals surface area contributed by atoms with Gasteiger partial charge in [-0.25, -0.2) is 0 Å². The smallest absolute Gasteiger partial charge is 0.0236 e. The summed E-state index contributed by atoms with van der Waals surface area (Å²) < 4.78 is 0.